The number of halogens is 1. The van der Waals surface area contributed by atoms with Crippen molar-refractivity contribution in [3.05, 3.63) is 64.1 Å². The maximum atomic E-state index is 12.4. The van der Waals surface area contributed by atoms with Crippen LogP contribution in [-0.2, 0) is 10.0 Å². The topological polar surface area (TPSA) is 111 Å². The fraction of sp³-hybridized carbons (Fsp3) is 0.118. The van der Waals surface area contributed by atoms with Gasteiger partial charge in [-0.2, -0.15) is 5.10 Å². The normalized spacial score (nSPS) is 12.5. The van der Waals surface area contributed by atoms with Crippen LogP contribution in [0.1, 0.15) is 15.9 Å². The van der Waals surface area contributed by atoms with Crippen molar-refractivity contribution >= 4 is 43.8 Å². The van der Waals surface area contributed by atoms with E-state index in [2.05, 4.69) is 31.6 Å². The first-order chi connectivity index (χ1) is 12.8. The highest BCUT2D eigenvalue weighted by atomic mass is 79.9. The lowest BCUT2D eigenvalue weighted by molar-refractivity contribution is 0.0954. The van der Waals surface area contributed by atoms with Crippen LogP contribution in [0.4, 0.5) is 0 Å². The molecule has 0 unspecified atom stereocenters. The Balaban J connectivity index is 2.29. The van der Waals surface area contributed by atoms with Gasteiger partial charge in [-0.3, -0.25) is 4.79 Å². The van der Waals surface area contributed by atoms with Crippen LogP contribution < -0.4 is 5.43 Å². The molecule has 0 aliphatic carbocycles. The minimum Gasteiger partial charge on any atom is -0.411 e. The van der Waals surface area contributed by atoms with E-state index >= 15 is 0 Å². The molecule has 2 rings (SSSR count). The van der Waals surface area contributed by atoms with Crippen LogP contribution in [0, 0.1) is 0 Å². The summed E-state index contributed by atoms with van der Waals surface area (Å²) in [6.07, 6.45) is 1.08. The lowest BCUT2D eigenvalue weighted by atomic mass is 10.1. The highest BCUT2D eigenvalue weighted by molar-refractivity contribution is 9.10. The first-order valence-corrected chi connectivity index (χ1v) is 9.83. The molecular formula is C17H17BrN4O4S. The van der Waals surface area contributed by atoms with Crippen LogP contribution in [0.15, 0.2) is 68.2 Å². The average Bonchev–Trinajstić information content (AvgIpc) is 2.64. The van der Waals surface area contributed by atoms with Crippen molar-refractivity contribution in [1.29, 1.82) is 0 Å². The summed E-state index contributed by atoms with van der Waals surface area (Å²) in [5.41, 5.74) is 3.27. The predicted octanol–water partition coefficient (Wildman–Crippen LogP) is 2.29. The smallest absolute Gasteiger partial charge is 0.271 e. The van der Waals surface area contributed by atoms with Gasteiger partial charge < -0.3 is 5.21 Å². The van der Waals surface area contributed by atoms with Gasteiger partial charge in [0.2, 0.25) is 10.0 Å². The van der Waals surface area contributed by atoms with Crippen molar-refractivity contribution in [1.82, 2.24) is 9.73 Å². The molecule has 0 aromatic heterocycles. The molecule has 2 aromatic rings. The SMILES string of the molecule is CN(C)S(=O)(=O)c1cccc(C(=O)NN=C(C=NO)c2cccc(Br)c2)c1. The summed E-state index contributed by atoms with van der Waals surface area (Å²) in [4.78, 5) is 12.4. The number of carbonyl (C=O) groups excluding carboxylic acids is 1. The standard InChI is InChI=1S/C17H17BrN4O4S/c1-22(2)27(25,26)15-8-4-6-13(10-15)17(23)21-20-16(11-19-24)12-5-3-7-14(18)9-12/h3-11,24H,1-2H3,(H,21,23). The van der Waals surface area contributed by atoms with Gasteiger partial charge in [-0.05, 0) is 30.3 Å². The molecule has 142 valence electrons. The number of oxime groups is 1. The third kappa shape index (κ3) is 5.22. The van der Waals surface area contributed by atoms with Gasteiger partial charge in [0, 0.05) is 29.7 Å². The molecule has 0 saturated heterocycles. The number of carbonyl (C=O) groups is 1. The largest absolute Gasteiger partial charge is 0.411 e. The van der Waals surface area contributed by atoms with Crippen molar-refractivity contribution in [2.45, 2.75) is 4.90 Å². The van der Waals surface area contributed by atoms with E-state index in [4.69, 9.17) is 5.21 Å². The number of nitrogens with zero attached hydrogens (tertiary/aromatic N) is 3. The Bertz CT molecular complexity index is 1000. The number of hydrogen-bond donors (Lipinski definition) is 2. The zero-order valence-corrected chi connectivity index (χ0v) is 16.9. The summed E-state index contributed by atoms with van der Waals surface area (Å²) in [7, 11) is -0.847. The van der Waals surface area contributed by atoms with Crippen molar-refractivity contribution in [3.8, 4) is 0 Å². The molecule has 0 saturated carbocycles. The van der Waals surface area contributed by atoms with Gasteiger partial charge in [0.25, 0.3) is 5.91 Å². The molecule has 8 nitrogen and oxygen atoms in total. The zero-order chi connectivity index (χ0) is 20.0. The number of hydrogen-bond acceptors (Lipinski definition) is 6. The lowest BCUT2D eigenvalue weighted by Gasteiger charge is -2.12. The van der Waals surface area contributed by atoms with Gasteiger partial charge in [-0.15, -0.1) is 0 Å². The molecule has 0 atom stereocenters. The van der Waals surface area contributed by atoms with Crippen LogP contribution in [0.5, 0.6) is 0 Å². The van der Waals surface area contributed by atoms with Crippen molar-refractivity contribution in [2.75, 3.05) is 14.1 Å². The maximum Gasteiger partial charge on any atom is 0.271 e. The van der Waals surface area contributed by atoms with Crippen LogP contribution in [0.3, 0.4) is 0 Å². The van der Waals surface area contributed by atoms with E-state index in [0.717, 1.165) is 15.0 Å². The Morgan fingerprint density at radius 3 is 2.44 bits per heavy atom. The monoisotopic (exact) mass is 452 g/mol. The molecule has 0 aliphatic rings. The molecule has 0 spiro atoms. The number of hydrazone groups is 1. The molecule has 2 aromatic carbocycles. The van der Waals surface area contributed by atoms with Gasteiger partial charge in [-0.1, -0.05) is 39.3 Å². The Hall–Kier alpha value is -2.56. The summed E-state index contributed by atoms with van der Waals surface area (Å²) < 4.78 is 26.2. The predicted molar refractivity (Wildman–Crippen MR) is 106 cm³/mol. The average molecular weight is 453 g/mol. The molecule has 0 aliphatic heterocycles. The van der Waals surface area contributed by atoms with E-state index in [-0.39, 0.29) is 16.2 Å². The Kier molecular flexibility index (Phi) is 6.83. The van der Waals surface area contributed by atoms with Crippen LogP contribution >= 0.6 is 15.9 Å². The van der Waals surface area contributed by atoms with Gasteiger partial charge in [-0.25, -0.2) is 18.1 Å². The van der Waals surface area contributed by atoms with E-state index in [1.807, 2.05) is 6.07 Å². The highest BCUT2D eigenvalue weighted by Gasteiger charge is 2.18. The number of benzene rings is 2. The van der Waals surface area contributed by atoms with Gasteiger partial charge >= 0.3 is 0 Å². The van der Waals surface area contributed by atoms with Crippen LogP contribution in [0.25, 0.3) is 0 Å². The number of nitrogens with one attached hydrogen (secondary N) is 1. The van der Waals surface area contributed by atoms with E-state index in [0.29, 0.717) is 5.56 Å². The molecular weight excluding hydrogens is 436 g/mol. The summed E-state index contributed by atoms with van der Waals surface area (Å²) >= 11 is 3.33. The maximum absolute atomic E-state index is 12.4. The van der Waals surface area contributed by atoms with E-state index in [9.17, 15) is 13.2 Å². The first kappa shape index (κ1) is 20.7. The third-order valence-electron chi connectivity index (χ3n) is 3.45. The molecule has 10 heteroatoms. The molecule has 27 heavy (non-hydrogen) atoms. The summed E-state index contributed by atoms with van der Waals surface area (Å²) in [6, 6.07) is 12.6. The van der Waals surface area contributed by atoms with Crippen LogP contribution in [0.2, 0.25) is 0 Å². The van der Waals surface area contributed by atoms with Crippen molar-refractivity contribution in [2.24, 2.45) is 10.3 Å². The van der Waals surface area contributed by atoms with Crippen molar-refractivity contribution in [3.63, 3.8) is 0 Å². The first-order valence-electron chi connectivity index (χ1n) is 7.59. The van der Waals surface area contributed by atoms with E-state index in [1.54, 1.807) is 18.2 Å². The molecule has 1 amide bonds. The van der Waals surface area contributed by atoms with E-state index in [1.165, 1.54) is 38.4 Å². The second kappa shape index (κ2) is 8.89. The second-order valence-corrected chi connectivity index (χ2v) is 8.58. The van der Waals surface area contributed by atoms with Crippen molar-refractivity contribution < 1.29 is 18.4 Å². The zero-order valence-electron chi connectivity index (χ0n) is 14.5. The Labute approximate surface area is 165 Å². The summed E-state index contributed by atoms with van der Waals surface area (Å²) in [5, 5.41) is 15.7. The molecule has 0 bridgehead atoms. The fourth-order valence-electron chi connectivity index (χ4n) is 2.05. The quantitative estimate of drug-likeness (QED) is 0.397. The minimum atomic E-state index is -3.66. The van der Waals surface area contributed by atoms with Crippen LogP contribution in [-0.4, -0.2) is 49.9 Å². The Morgan fingerprint density at radius 2 is 1.81 bits per heavy atom. The molecule has 2 N–H and O–H groups in total. The fourth-order valence-corrected chi connectivity index (χ4v) is 3.40. The van der Waals surface area contributed by atoms with Gasteiger partial charge in [0.05, 0.1) is 11.1 Å². The minimum absolute atomic E-state index is 0.00624. The third-order valence-corrected chi connectivity index (χ3v) is 5.76. The number of sulfonamides is 1. The summed E-state index contributed by atoms with van der Waals surface area (Å²) in [6.45, 7) is 0. The molecule has 0 radical (unpaired) electrons. The highest BCUT2D eigenvalue weighted by Crippen LogP contribution is 2.15. The number of amides is 1. The second-order valence-electron chi connectivity index (χ2n) is 5.51. The Morgan fingerprint density at radius 1 is 1.15 bits per heavy atom. The van der Waals surface area contributed by atoms with Gasteiger partial charge in [0.15, 0.2) is 0 Å². The van der Waals surface area contributed by atoms with Gasteiger partial charge in [0.1, 0.15) is 5.71 Å². The number of rotatable bonds is 6. The van der Waals surface area contributed by atoms with E-state index < -0.39 is 15.9 Å². The lowest BCUT2D eigenvalue weighted by Crippen LogP contribution is -2.24. The molecule has 0 heterocycles. The summed E-state index contributed by atoms with van der Waals surface area (Å²) in [5.74, 6) is -0.607. The molecule has 0 fully saturated rings.